The second-order valence-corrected chi connectivity index (χ2v) is 6.75. The van der Waals surface area contributed by atoms with E-state index in [1.165, 1.54) is 32.4 Å². The van der Waals surface area contributed by atoms with E-state index in [0.29, 0.717) is 39.4 Å². The summed E-state index contributed by atoms with van der Waals surface area (Å²) in [5, 5.41) is 3.01. The van der Waals surface area contributed by atoms with Gasteiger partial charge >= 0.3 is 0 Å². The van der Waals surface area contributed by atoms with Crippen LogP contribution in [0, 0.1) is 5.82 Å². The van der Waals surface area contributed by atoms with Crippen molar-refractivity contribution >= 4 is 34.3 Å². The maximum Gasteiger partial charge on any atom is 0.259 e. The van der Waals surface area contributed by atoms with Gasteiger partial charge in [-0.25, -0.2) is 9.37 Å². The van der Waals surface area contributed by atoms with Crippen molar-refractivity contribution in [1.82, 2.24) is 4.98 Å². The summed E-state index contributed by atoms with van der Waals surface area (Å²) in [6.45, 7) is 0. The molecule has 0 bridgehead atoms. The van der Waals surface area contributed by atoms with Gasteiger partial charge in [0, 0.05) is 11.8 Å². The minimum Gasteiger partial charge on any atom is -0.497 e. The Morgan fingerprint density at radius 1 is 1.07 bits per heavy atom. The standard InChI is InChI=1S/C22H16ClFN2O4/c1-28-14-5-7-16(20(11-14)29-2)21(27)25-13-4-8-19-18(10-13)26-22(30-19)15-6-3-12(24)9-17(15)23/h3-11H,1-2H3,(H,25,27). The van der Waals surface area contributed by atoms with Gasteiger partial charge in [-0.1, -0.05) is 11.6 Å². The van der Waals surface area contributed by atoms with E-state index in [1.54, 1.807) is 36.4 Å². The molecule has 0 aliphatic carbocycles. The number of nitrogens with zero attached hydrogens (tertiary/aromatic N) is 1. The molecule has 0 radical (unpaired) electrons. The van der Waals surface area contributed by atoms with Crippen LogP contribution in [0.15, 0.2) is 59.0 Å². The van der Waals surface area contributed by atoms with E-state index in [1.807, 2.05) is 0 Å². The molecule has 8 heteroatoms. The maximum atomic E-state index is 13.3. The highest BCUT2D eigenvalue weighted by Gasteiger charge is 2.16. The Hall–Kier alpha value is -3.58. The number of benzene rings is 3. The molecule has 6 nitrogen and oxygen atoms in total. The number of hydrogen-bond acceptors (Lipinski definition) is 5. The number of hydrogen-bond donors (Lipinski definition) is 1. The molecule has 152 valence electrons. The zero-order valence-electron chi connectivity index (χ0n) is 16.0. The summed E-state index contributed by atoms with van der Waals surface area (Å²) in [5.74, 6) is 0.440. The molecule has 0 atom stereocenters. The van der Waals surface area contributed by atoms with E-state index >= 15 is 0 Å². The summed E-state index contributed by atoms with van der Waals surface area (Å²) in [6.07, 6.45) is 0. The Labute approximate surface area is 176 Å². The Balaban J connectivity index is 1.62. The number of carbonyl (C=O) groups is 1. The molecule has 4 rings (SSSR count). The number of rotatable bonds is 5. The van der Waals surface area contributed by atoms with Crippen LogP contribution < -0.4 is 14.8 Å². The molecule has 1 heterocycles. The molecule has 0 aliphatic rings. The van der Waals surface area contributed by atoms with Crippen LogP contribution in [-0.2, 0) is 0 Å². The van der Waals surface area contributed by atoms with Gasteiger partial charge in [0.2, 0.25) is 5.89 Å². The van der Waals surface area contributed by atoms with Crippen molar-refractivity contribution in [2.75, 3.05) is 19.5 Å². The van der Waals surface area contributed by atoms with Gasteiger partial charge in [-0.2, -0.15) is 0 Å². The highest BCUT2D eigenvalue weighted by atomic mass is 35.5. The van der Waals surface area contributed by atoms with Crippen LogP contribution in [0.3, 0.4) is 0 Å². The quantitative estimate of drug-likeness (QED) is 0.452. The predicted octanol–water partition coefficient (Wildman–Crippen LogP) is 5.56. The van der Waals surface area contributed by atoms with Crippen molar-refractivity contribution in [1.29, 1.82) is 0 Å². The third-order valence-corrected chi connectivity index (χ3v) is 4.77. The molecule has 0 spiro atoms. The van der Waals surface area contributed by atoms with Gasteiger partial charge in [0.1, 0.15) is 22.8 Å². The van der Waals surface area contributed by atoms with Gasteiger partial charge in [0.25, 0.3) is 5.91 Å². The van der Waals surface area contributed by atoms with Crippen molar-refractivity contribution in [2.24, 2.45) is 0 Å². The summed E-state index contributed by atoms with van der Waals surface area (Å²) in [7, 11) is 3.02. The molecular formula is C22H16ClFN2O4. The number of halogens is 2. The smallest absolute Gasteiger partial charge is 0.259 e. The number of nitrogens with one attached hydrogen (secondary N) is 1. The first-order valence-electron chi connectivity index (χ1n) is 8.88. The molecule has 1 amide bonds. The Morgan fingerprint density at radius 2 is 1.90 bits per heavy atom. The Morgan fingerprint density at radius 3 is 2.63 bits per heavy atom. The number of ether oxygens (including phenoxy) is 2. The molecule has 1 N–H and O–H groups in total. The number of carbonyl (C=O) groups excluding carboxylic acids is 1. The molecule has 0 saturated carbocycles. The second kappa shape index (κ2) is 8.04. The largest absolute Gasteiger partial charge is 0.497 e. The van der Waals surface area contributed by atoms with Crippen LogP contribution in [0.1, 0.15) is 10.4 Å². The third kappa shape index (κ3) is 3.79. The highest BCUT2D eigenvalue weighted by molar-refractivity contribution is 6.33. The monoisotopic (exact) mass is 426 g/mol. The van der Waals surface area contributed by atoms with Gasteiger partial charge in [-0.3, -0.25) is 4.79 Å². The average Bonchev–Trinajstić information content (AvgIpc) is 3.16. The first kappa shape index (κ1) is 19.7. The van der Waals surface area contributed by atoms with Gasteiger partial charge in [-0.15, -0.1) is 0 Å². The number of amides is 1. The topological polar surface area (TPSA) is 73.6 Å². The minimum absolute atomic E-state index is 0.196. The molecule has 0 aliphatic heterocycles. The SMILES string of the molecule is COc1ccc(C(=O)Nc2ccc3oc(-c4ccc(F)cc4Cl)nc3c2)c(OC)c1. The maximum absolute atomic E-state index is 13.3. The molecule has 0 saturated heterocycles. The number of anilines is 1. The van der Waals surface area contributed by atoms with Gasteiger partial charge in [0.15, 0.2) is 5.58 Å². The van der Waals surface area contributed by atoms with Gasteiger partial charge in [-0.05, 0) is 48.5 Å². The van der Waals surface area contributed by atoms with Crippen molar-refractivity contribution in [3.05, 3.63) is 71.0 Å². The lowest BCUT2D eigenvalue weighted by Gasteiger charge is -2.10. The molecule has 1 aromatic heterocycles. The lowest BCUT2D eigenvalue weighted by Crippen LogP contribution is -2.13. The first-order chi connectivity index (χ1) is 14.5. The van der Waals surface area contributed by atoms with Crippen molar-refractivity contribution in [3.8, 4) is 23.0 Å². The van der Waals surface area contributed by atoms with E-state index in [2.05, 4.69) is 10.3 Å². The summed E-state index contributed by atoms with van der Waals surface area (Å²) < 4.78 is 29.4. The van der Waals surface area contributed by atoms with E-state index in [9.17, 15) is 9.18 Å². The number of oxazole rings is 1. The van der Waals surface area contributed by atoms with Crippen LogP contribution in [0.25, 0.3) is 22.6 Å². The lowest BCUT2D eigenvalue weighted by molar-refractivity contribution is 0.102. The number of aromatic nitrogens is 1. The molecule has 0 unspecified atom stereocenters. The van der Waals surface area contributed by atoms with Gasteiger partial charge in [0.05, 0.1) is 30.4 Å². The van der Waals surface area contributed by atoms with Crippen LogP contribution in [0.4, 0.5) is 10.1 Å². The zero-order valence-corrected chi connectivity index (χ0v) is 16.8. The summed E-state index contributed by atoms with van der Waals surface area (Å²) in [6, 6.07) is 14.0. The van der Waals surface area contributed by atoms with Crippen molar-refractivity contribution in [2.45, 2.75) is 0 Å². The van der Waals surface area contributed by atoms with Crippen molar-refractivity contribution in [3.63, 3.8) is 0 Å². The van der Waals surface area contributed by atoms with Gasteiger partial charge < -0.3 is 19.2 Å². The van der Waals surface area contributed by atoms with E-state index in [4.69, 9.17) is 25.5 Å². The Kier molecular flexibility index (Phi) is 5.29. The van der Waals surface area contributed by atoms with Crippen molar-refractivity contribution < 1.29 is 23.1 Å². The minimum atomic E-state index is -0.446. The number of fused-ring (bicyclic) bond motifs is 1. The van der Waals surface area contributed by atoms with E-state index in [0.717, 1.165) is 0 Å². The summed E-state index contributed by atoms with van der Waals surface area (Å²) in [4.78, 5) is 17.1. The molecule has 30 heavy (non-hydrogen) atoms. The summed E-state index contributed by atoms with van der Waals surface area (Å²) in [5.41, 5.74) is 2.38. The molecule has 4 aromatic rings. The third-order valence-electron chi connectivity index (χ3n) is 4.46. The van der Waals surface area contributed by atoms with Crippen LogP contribution in [-0.4, -0.2) is 25.1 Å². The molecular weight excluding hydrogens is 411 g/mol. The normalized spacial score (nSPS) is 10.8. The fourth-order valence-electron chi connectivity index (χ4n) is 2.97. The second-order valence-electron chi connectivity index (χ2n) is 6.35. The van der Waals surface area contributed by atoms with Crippen LogP contribution >= 0.6 is 11.6 Å². The zero-order chi connectivity index (χ0) is 21.3. The first-order valence-corrected chi connectivity index (χ1v) is 9.25. The fourth-order valence-corrected chi connectivity index (χ4v) is 3.22. The summed E-state index contributed by atoms with van der Waals surface area (Å²) >= 11 is 6.09. The predicted molar refractivity (Wildman–Crippen MR) is 112 cm³/mol. The van der Waals surface area contributed by atoms with E-state index in [-0.39, 0.29) is 16.8 Å². The van der Waals surface area contributed by atoms with E-state index < -0.39 is 5.82 Å². The average molecular weight is 427 g/mol. The Bertz CT molecular complexity index is 1260. The van der Waals surface area contributed by atoms with Crippen LogP contribution in [0.2, 0.25) is 5.02 Å². The fraction of sp³-hybridized carbons (Fsp3) is 0.0909. The lowest BCUT2D eigenvalue weighted by atomic mass is 10.1. The van der Waals surface area contributed by atoms with Crippen LogP contribution in [0.5, 0.6) is 11.5 Å². The molecule has 3 aromatic carbocycles. The number of methoxy groups -OCH3 is 2. The molecule has 0 fully saturated rings. The highest BCUT2D eigenvalue weighted by Crippen LogP contribution is 2.32.